The molecule has 0 aliphatic carbocycles. The van der Waals surface area contributed by atoms with Crippen LogP contribution in [-0.4, -0.2) is 48.5 Å². The van der Waals surface area contributed by atoms with Gasteiger partial charge in [0.05, 0.1) is 29.4 Å². The zero-order chi connectivity index (χ0) is 25.4. The summed E-state index contributed by atoms with van der Waals surface area (Å²) in [5.74, 6) is -0.776. The summed E-state index contributed by atoms with van der Waals surface area (Å²) in [6.07, 6.45) is 1.36. The van der Waals surface area contributed by atoms with E-state index in [-0.39, 0.29) is 31.2 Å². The van der Waals surface area contributed by atoms with Crippen molar-refractivity contribution in [3.63, 3.8) is 0 Å². The lowest BCUT2D eigenvalue weighted by molar-refractivity contribution is -0.123. The highest BCUT2D eigenvalue weighted by Crippen LogP contribution is 2.22. The summed E-state index contributed by atoms with van der Waals surface area (Å²) in [7, 11) is 1.45. The Hall–Kier alpha value is -3.60. The number of carbonyl (C=O) groups is 1. The fourth-order valence-electron chi connectivity index (χ4n) is 3.17. The van der Waals surface area contributed by atoms with Crippen molar-refractivity contribution in [3.05, 3.63) is 90.5 Å². The molecular weight excluding hydrogens is 497 g/mol. The number of benzene rings is 2. The second-order valence-electron chi connectivity index (χ2n) is 7.28. The minimum Gasteiger partial charge on any atom is -0.386 e. The summed E-state index contributed by atoms with van der Waals surface area (Å²) < 4.78 is 6.25. The van der Waals surface area contributed by atoms with Crippen molar-refractivity contribution in [3.8, 4) is 0 Å². The number of H-pyrrole nitrogens is 1. The molecule has 35 heavy (non-hydrogen) atoms. The van der Waals surface area contributed by atoms with Gasteiger partial charge in [-0.1, -0.05) is 64.8 Å². The fourth-order valence-corrected chi connectivity index (χ4v) is 3.47. The molecule has 0 unspecified atom stereocenters. The van der Waals surface area contributed by atoms with Crippen molar-refractivity contribution in [2.75, 3.05) is 37.5 Å². The van der Waals surface area contributed by atoms with Crippen molar-refractivity contribution >= 4 is 46.8 Å². The van der Waals surface area contributed by atoms with Gasteiger partial charge in [0.15, 0.2) is 12.3 Å². The van der Waals surface area contributed by atoms with Gasteiger partial charge >= 0.3 is 5.69 Å². The Morgan fingerprint density at radius 2 is 1.91 bits per heavy atom. The number of nitrogens with one attached hydrogen (secondary N) is 1. The van der Waals surface area contributed by atoms with E-state index in [0.29, 0.717) is 15.6 Å². The molecule has 0 radical (unpaired) electrons. The van der Waals surface area contributed by atoms with E-state index < -0.39 is 23.8 Å². The number of hydrogen-bond acceptors (Lipinski definition) is 7. The number of aromatic nitrogens is 2. The summed E-state index contributed by atoms with van der Waals surface area (Å²) >= 11 is 11.8. The van der Waals surface area contributed by atoms with E-state index in [1.165, 1.54) is 17.9 Å². The van der Waals surface area contributed by atoms with Gasteiger partial charge in [0.1, 0.15) is 5.82 Å². The molecule has 3 rings (SSSR count). The van der Waals surface area contributed by atoms with E-state index in [2.05, 4.69) is 10.1 Å². The second-order valence-corrected chi connectivity index (χ2v) is 8.10. The Balaban J connectivity index is 1.83. The number of aromatic amines is 1. The molecule has 1 heterocycles. The summed E-state index contributed by atoms with van der Waals surface area (Å²) in [4.78, 5) is 46.5. The summed E-state index contributed by atoms with van der Waals surface area (Å²) in [5, 5.41) is 4.50. The van der Waals surface area contributed by atoms with Gasteiger partial charge in [-0.2, -0.15) is 0 Å². The van der Waals surface area contributed by atoms with Gasteiger partial charge < -0.3 is 15.3 Å². The molecule has 0 atom stereocenters. The topological polar surface area (TPSA) is 132 Å². The number of carbonyl (C=O) groups excluding carboxylic acids is 1. The maximum atomic E-state index is 13.0. The molecule has 0 saturated carbocycles. The zero-order valence-corrected chi connectivity index (χ0v) is 20.3. The Bertz CT molecular complexity index is 1320. The summed E-state index contributed by atoms with van der Waals surface area (Å²) in [6.45, 7) is -0.300. The molecule has 184 valence electrons. The van der Waals surface area contributed by atoms with Gasteiger partial charge in [-0.25, -0.2) is 4.79 Å². The third-order valence-electron chi connectivity index (χ3n) is 4.90. The SMILES string of the molecule is COCCN(C(=O)CO/N=C/c1ccc(Cl)c(Cl)c1)c1c(N)n(Cc2ccccc2)c(=O)[nH]c1=O. The molecule has 12 heteroatoms. The van der Waals surface area contributed by atoms with Gasteiger partial charge in [0.2, 0.25) is 0 Å². The van der Waals surface area contributed by atoms with Crippen LogP contribution in [0.5, 0.6) is 0 Å². The first-order chi connectivity index (χ1) is 16.8. The van der Waals surface area contributed by atoms with Crippen molar-refractivity contribution in [1.82, 2.24) is 9.55 Å². The van der Waals surface area contributed by atoms with Gasteiger partial charge in [0, 0.05) is 13.7 Å². The monoisotopic (exact) mass is 519 g/mol. The first-order valence-corrected chi connectivity index (χ1v) is 11.1. The lowest BCUT2D eigenvalue weighted by atomic mass is 10.2. The van der Waals surface area contributed by atoms with Crippen LogP contribution in [0.1, 0.15) is 11.1 Å². The quantitative estimate of drug-likeness (QED) is 0.312. The number of anilines is 2. The molecular formula is C23H23Cl2N5O5. The lowest BCUT2D eigenvalue weighted by Crippen LogP contribution is -2.43. The number of nitrogens with two attached hydrogens (primary N) is 1. The fraction of sp³-hybridized carbons (Fsp3) is 0.217. The number of nitrogen functional groups attached to an aromatic ring is 1. The molecule has 1 amide bonds. The number of oxime groups is 1. The molecule has 2 aromatic carbocycles. The number of hydrogen-bond donors (Lipinski definition) is 2. The van der Waals surface area contributed by atoms with E-state index >= 15 is 0 Å². The van der Waals surface area contributed by atoms with Gasteiger partial charge in [-0.15, -0.1) is 0 Å². The van der Waals surface area contributed by atoms with Crippen LogP contribution in [0.2, 0.25) is 10.0 Å². The molecule has 0 aliphatic rings. The summed E-state index contributed by atoms with van der Waals surface area (Å²) in [5.41, 5.74) is 5.93. The molecule has 0 bridgehead atoms. The van der Waals surface area contributed by atoms with Crippen LogP contribution in [-0.2, 0) is 20.9 Å². The van der Waals surface area contributed by atoms with Crippen LogP contribution in [0.3, 0.4) is 0 Å². The second kappa shape index (κ2) is 12.2. The number of methoxy groups -OCH3 is 1. The molecule has 0 spiro atoms. The van der Waals surface area contributed by atoms with Crippen LogP contribution in [0.25, 0.3) is 0 Å². The van der Waals surface area contributed by atoms with Crippen molar-refractivity contribution < 1.29 is 14.4 Å². The summed E-state index contributed by atoms with van der Waals surface area (Å²) in [6, 6.07) is 13.9. The van der Waals surface area contributed by atoms with Crippen LogP contribution in [0.15, 0.2) is 63.3 Å². The molecule has 3 N–H and O–H groups in total. The van der Waals surface area contributed by atoms with Gasteiger partial charge in [0.25, 0.3) is 11.5 Å². The van der Waals surface area contributed by atoms with E-state index in [1.807, 2.05) is 30.3 Å². The Labute approximate surface area is 210 Å². The number of rotatable bonds is 10. The minimum absolute atomic E-state index is 0.00792. The number of ether oxygens (including phenoxy) is 1. The van der Waals surface area contributed by atoms with Crippen LogP contribution in [0, 0.1) is 0 Å². The molecule has 1 aromatic heterocycles. The molecule has 10 nitrogen and oxygen atoms in total. The first kappa shape index (κ1) is 26.0. The molecule has 3 aromatic rings. The standard InChI is InChI=1S/C23H23Cl2N5O5/c1-34-10-9-29(19(31)14-35-27-12-16-7-8-17(24)18(25)11-16)20-21(26)30(23(33)28-22(20)32)13-15-5-3-2-4-6-15/h2-8,11-12H,9-10,13-14,26H2,1H3,(H,28,32,33)/b27-12+. The smallest absolute Gasteiger partial charge is 0.330 e. The molecule has 0 fully saturated rings. The van der Waals surface area contributed by atoms with E-state index in [9.17, 15) is 14.4 Å². The highest BCUT2D eigenvalue weighted by atomic mass is 35.5. The maximum absolute atomic E-state index is 13.0. The van der Waals surface area contributed by atoms with Crippen LogP contribution >= 0.6 is 23.2 Å². The van der Waals surface area contributed by atoms with Crippen molar-refractivity contribution in [2.45, 2.75) is 6.54 Å². The largest absolute Gasteiger partial charge is 0.386 e. The highest BCUT2D eigenvalue weighted by molar-refractivity contribution is 6.42. The zero-order valence-electron chi connectivity index (χ0n) is 18.7. The highest BCUT2D eigenvalue weighted by Gasteiger charge is 2.24. The van der Waals surface area contributed by atoms with Gasteiger partial charge in [-0.05, 0) is 23.3 Å². The van der Waals surface area contributed by atoms with E-state index in [0.717, 1.165) is 10.5 Å². The van der Waals surface area contributed by atoms with E-state index in [4.69, 9.17) is 38.5 Å². The van der Waals surface area contributed by atoms with Crippen LogP contribution in [0.4, 0.5) is 11.5 Å². The van der Waals surface area contributed by atoms with Gasteiger partial charge in [-0.3, -0.25) is 24.0 Å². The van der Waals surface area contributed by atoms with Crippen molar-refractivity contribution in [1.29, 1.82) is 0 Å². The van der Waals surface area contributed by atoms with Crippen LogP contribution < -0.4 is 21.9 Å². The average Bonchev–Trinajstić information content (AvgIpc) is 2.84. The predicted octanol–water partition coefficient (Wildman–Crippen LogP) is 2.50. The predicted molar refractivity (Wildman–Crippen MR) is 136 cm³/mol. The van der Waals surface area contributed by atoms with Crippen molar-refractivity contribution in [2.24, 2.45) is 5.16 Å². The molecule has 0 saturated heterocycles. The number of nitrogens with zero attached hydrogens (tertiary/aromatic N) is 3. The maximum Gasteiger partial charge on any atom is 0.330 e. The minimum atomic E-state index is -0.805. The third kappa shape index (κ3) is 6.72. The average molecular weight is 520 g/mol. The molecule has 0 aliphatic heterocycles. The number of amides is 1. The normalized spacial score (nSPS) is 11.1. The first-order valence-electron chi connectivity index (χ1n) is 10.4. The third-order valence-corrected chi connectivity index (χ3v) is 5.63. The Morgan fingerprint density at radius 1 is 1.17 bits per heavy atom. The number of halogens is 2. The Morgan fingerprint density at radius 3 is 2.60 bits per heavy atom. The lowest BCUT2D eigenvalue weighted by Gasteiger charge is -2.23. The van der Waals surface area contributed by atoms with E-state index in [1.54, 1.807) is 18.2 Å². The Kier molecular flexibility index (Phi) is 9.07.